The first-order chi connectivity index (χ1) is 17.4. The lowest BCUT2D eigenvalue weighted by Crippen LogP contribution is -2.32. The summed E-state index contributed by atoms with van der Waals surface area (Å²) in [5.41, 5.74) is 6.53. The Labute approximate surface area is 222 Å². The van der Waals surface area contributed by atoms with Crippen LogP contribution < -0.4 is 21.1 Å². The lowest BCUT2D eigenvalue weighted by atomic mass is 9.82. The summed E-state index contributed by atoms with van der Waals surface area (Å²) in [6.45, 7) is 2.80. The minimum absolute atomic E-state index is 0.298. The van der Waals surface area contributed by atoms with Gasteiger partial charge in [0.1, 0.15) is 5.82 Å². The van der Waals surface area contributed by atoms with Crippen LogP contribution in [-0.4, -0.2) is 44.6 Å². The molecule has 8 nitrogen and oxygen atoms in total. The van der Waals surface area contributed by atoms with E-state index >= 15 is 0 Å². The predicted molar refractivity (Wildman–Crippen MR) is 150 cm³/mol. The highest BCUT2D eigenvalue weighted by molar-refractivity contribution is 9.10. The van der Waals surface area contributed by atoms with Gasteiger partial charge in [-0.3, -0.25) is 0 Å². The first kappa shape index (κ1) is 26.8. The summed E-state index contributed by atoms with van der Waals surface area (Å²) in [6, 6.07) is 14.8. The van der Waals surface area contributed by atoms with E-state index in [1.165, 1.54) is 0 Å². The van der Waals surface area contributed by atoms with Crippen molar-refractivity contribution in [1.29, 1.82) is 0 Å². The molecule has 0 unspecified atom stereocenters. The monoisotopic (exact) mass is 574 g/mol. The van der Waals surface area contributed by atoms with Crippen LogP contribution in [0, 0.1) is 11.8 Å². The molecule has 1 saturated carbocycles. The van der Waals surface area contributed by atoms with Gasteiger partial charge in [-0.05, 0) is 93.3 Å². The summed E-state index contributed by atoms with van der Waals surface area (Å²) < 4.78 is 28.8. The topological polar surface area (TPSA) is 122 Å². The largest absolute Gasteiger partial charge is 0.369 e. The zero-order valence-corrected chi connectivity index (χ0v) is 22.8. The number of nitrogens with zero attached hydrogens (tertiary/aromatic N) is 2. The molecule has 36 heavy (non-hydrogen) atoms. The van der Waals surface area contributed by atoms with E-state index in [9.17, 15) is 8.42 Å². The van der Waals surface area contributed by atoms with Crippen LogP contribution in [0.3, 0.4) is 0 Å². The Bertz CT molecular complexity index is 1230. The Morgan fingerprint density at radius 2 is 1.58 bits per heavy atom. The van der Waals surface area contributed by atoms with Crippen LogP contribution in [0.2, 0.25) is 0 Å². The van der Waals surface area contributed by atoms with Gasteiger partial charge in [0.15, 0.2) is 0 Å². The number of unbranched alkanes of at least 4 members (excludes halogenated alkanes) is 1. The second-order valence-electron chi connectivity index (χ2n) is 9.41. The lowest BCUT2D eigenvalue weighted by Gasteiger charge is -2.28. The molecule has 1 aliphatic rings. The Balaban J connectivity index is 1.27. The van der Waals surface area contributed by atoms with E-state index in [0.29, 0.717) is 35.8 Å². The number of aromatic nitrogens is 2. The Kier molecular flexibility index (Phi) is 9.53. The van der Waals surface area contributed by atoms with Crippen molar-refractivity contribution < 1.29 is 8.42 Å². The van der Waals surface area contributed by atoms with E-state index in [0.717, 1.165) is 72.8 Å². The number of anilines is 2. The van der Waals surface area contributed by atoms with Crippen molar-refractivity contribution in [3.63, 3.8) is 0 Å². The molecular weight excluding hydrogens is 540 g/mol. The maximum Gasteiger partial charge on any atom is 0.240 e. The van der Waals surface area contributed by atoms with Crippen LogP contribution in [0.4, 0.5) is 11.8 Å². The third-order valence-electron chi connectivity index (χ3n) is 6.73. The third kappa shape index (κ3) is 7.38. The summed E-state index contributed by atoms with van der Waals surface area (Å²) in [5, 5.41) is 7.91. The molecule has 0 amide bonds. The van der Waals surface area contributed by atoms with E-state index in [2.05, 4.69) is 31.3 Å². The summed E-state index contributed by atoms with van der Waals surface area (Å²) in [5.74, 6) is 2.36. The van der Waals surface area contributed by atoms with Crippen LogP contribution in [0.25, 0.3) is 10.9 Å². The molecule has 1 aliphatic carbocycles. The van der Waals surface area contributed by atoms with Crippen molar-refractivity contribution in [1.82, 2.24) is 14.7 Å². The molecule has 10 heteroatoms. The zero-order valence-electron chi connectivity index (χ0n) is 20.4. The van der Waals surface area contributed by atoms with Crippen molar-refractivity contribution in [2.24, 2.45) is 17.6 Å². The second kappa shape index (κ2) is 12.8. The van der Waals surface area contributed by atoms with E-state index in [1.807, 2.05) is 24.3 Å². The molecule has 1 aromatic heterocycles. The van der Waals surface area contributed by atoms with E-state index in [4.69, 9.17) is 15.7 Å². The molecular formula is C26H35BrN6O2S. The molecule has 0 radical (unpaired) electrons. The first-order valence-electron chi connectivity index (χ1n) is 12.6. The lowest BCUT2D eigenvalue weighted by molar-refractivity contribution is 0.284. The van der Waals surface area contributed by atoms with Gasteiger partial charge in [0, 0.05) is 29.5 Å². The van der Waals surface area contributed by atoms with Gasteiger partial charge in [-0.25, -0.2) is 18.1 Å². The summed E-state index contributed by atoms with van der Waals surface area (Å²) >= 11 is 3.34. The average molecular weight is 576 g/mol. The molecule has 3 aromatic rings. The highest BCUT2D eigenvalue weighted by Crippen LogP contribution is 2.29. The maximum absolute atomic E-state index is 12.6. The van der Waals surface area contributed by atoms with Gasteiger partial charge in [-0.1, -0.05) is 28.1 Å². The molecule has 0 atom stereocenters. The van der Waals surface area contributed by atoms with E-state index in [-0.39, 0.29) is 0 Å². The van der Waals surface area contributed by atoms with Crippen LogP contribution in [0.1, 0.15) is 38.5 Å². The molecule has 0 bridgehead atoms. The van der Waals surface area contributed by atoms with Gasteiger partial charge >= 0.3 is 0 Å². The minimum atomic E-state index is -3.48. The smallest absolute Gasteiger partial charge is 0.240 e. The fraction of sp³-hybridized carbons (Fsp3) is 0.462. The highest BCUT2D eigenvalue weighted by Gasteiger charge is 2.23. The number of para-hydroxylation sites is 1. The van der Waals surface area contributed by atoms with Crippen molar-refractivity contribution in [3.8, 4) is 0 Å². The molecule has 4 rings (SSSR count). The van der Waals surface area contributed by atoms with Gasteiger partial charge in [0.05, 0.1) is 10.4 Å². The highest BCUT2D eigenvalue weighted by atomic mass is 79.9. The van der Waals surface area contributed by atoms with Crippen molar-refractivity contribution >= 4 is 48.6 Å². The number of rotatable bonds is 12. The molecule has 2 aromatic carbocycles. The fourth-order valence-electron chi connectivity index (χ4n) is 4.57. The van der Waals surface area contributed by atoms with Crippen molar-refractivity contribution in [3.05, 3.63) is 53.0 Å². The number of hydrogen-bond donors (Lipinski definition) is 4. The SMILES string of the molecule is NCCCCNc1nc(NCC2CCC(CNS(=O)(=O)c3ccc(Br)cc3)CC2)nc2ccccc12. The number of nitrogens with two attached hydrogens (primary N) is 1. The van der Waals surface area contributed by atoms with Crippen LogP contribution in [0.5, 0.6) is 0 Å². The fourth-order valence-corrected chi connectivity index (χ4v) is 5.95. The Morgan fingerprint density at radius 1 is 0.889 bits per heavy atom. The third-order valence-corrected chi connectivity index (χ3v) is 8.70. The van der Waals surface area contributed by atoms with Gasteiger partial charge in [0.2, 0.25) is 16.0 Å². The first-order valence-corrected chi connectivity index (χ1v) is 14.9. The van der Waals surface area contributed by atoms with E-state index in [1.54, 1.807) is 24.3 Å². The number of fused-ring (bicyclic) bond motifs is 1. The molecule has 5 N–H and O–H groups in total. The second-order valence-corrected chi connectivity index (χ2v) is 12.1. The van der Waals surface area contributed by atoms with Crippen LogP contribution in [-0.2, 0) is 10.0 Å². The van der Waals surface area contributed by atoms with Gasteiger partial charge in [-0.15, -0.1) is 0 Å². The molecule has 0 spiro atoms. The Morgan fingerprint density at radius 3 is 2.31 bits per heavy atom. The van der Waals surface area contributed by atoms with Gasteiger partial charge in [-0.2, -0.15) is 4.98 Å². The molecule has 194 valence electrons. The van der Waals surface area contributed by atoms with Crippen LogP contribution >= 0.6 is 15.9 Å². The summed E-state index contributed by atoms with van der Waals surface area (Å²) in [7, 11) is -3.48. The van der Waals surface area contributed by atoms with Crippen LogP contribution in [0.15, 0.2) is 57.9 Å². The normalized spacial score (nSPS) is 18.3. The average Bonchev–Trinajstić information content (AvgIpc) is 2.89. The molecule has 1 heterocycles. The van der Waals surface area contributed by atoms with Gasteiger partial charge < -0.3 is 16.4 Å². The summed E-state index contributed by atoms with van der Waals surface area (Å²) in [4.78, 5) is 9.75. The maximum atomic E-state index is 12.6. The Hall–Kier alpha value is -2.27. The van der Waals surface area contributed by atoms with Crippen molar-refractivity contribution in [2.75, 3.05) is 36.8 Å². The predicted octanol–water partition coefficient (Wildman–Crippen LogP) is 4.74. The van der Waals surface area contributed by atoms with E-state index < -0.39 is 10.0 Å². The molecule has 0 aliphatic heterocycles. The number of hydrogen-bond acceptors (Lipinski definition) is 7. The minimum Gasteiger partial charge on any atom is -0.369 e. The number of benzene rings is 2. The number of halogens is 1. The van der Waals surface area contributed by atoms with Crippen molar-refractivity contribution in [2.45, 2.75) is 43.4 Å². The standard InChI is InChI=1S/C26H35BrN6O2S/c27-21-11-13-22(14-12-21)36(34,35)31-18-20-9-7-19(8-10-20)17-30-26-32-24-6-2-1-5-23(24)25(33-26)29-16-4-3-15-28/h1-2,5-6,11-14,19-20,31H,3-4,7-10,15-18,28H2,(H2,29,30,32,33). The summed E-state index contributed by atoms with van der Waals surface area (Å²) in [6.07, 6.45) is 6.09. The quantitative estimate of drug-likeness (QED) is 0.230. The number of nitrogens with one attached hydrogen (secondary N) is 3. The van der Waals surface area contributed by atoms with Gasteiger partial charge in [0.25, 0.3) is 0 Å². The molecule has 0 saturated heterocycles. The number of sulfonamides is 1. The molecule has 1 fully saturated rings. The zero-order chi connectivity index (χ0) is 25.4.